The first-order chi connectivity index (χ1) is 9.08. The highest BCUT2D eigenvalue weighted by molar-refractivity contribution is 5.85. The molecule has 1 amide bonds. The van der Waals surface area contributed by atoms with E-state index in [1.807, 2.05) is 11.9 Å². The first kappa shape index (κ1) is 21.0. The summed E-state index contributed by atoms with van der Waals surface area (Å²) in [5.74, 6) is 1.09. The van der Waals surface area contributed by atoms with Gasteiger partial charge in [-0.1, -0.05) is 0 Å². The van der Waals surface area contributed by atoms with Gasteiger partial charge in [0.15, 0.2) is 0 Å². The number of carbonyl (C=O) groups excluding carboxylic acids is 1. The van der Waals surface area contributed by atoms with E-state index < -0.39 is 0 Å². The quantitative estimate of drug-likeness (QED) is 0.805. The Hall–Kier alpha value is -0.0300. The van der Waals surface area contributed by atoms with Crippen molar-refractivity contribution >= 4 is 30.7 Å². The van der Waals surface area contributed by atoms with Gasteiger partial charge in [0, 0.05) is 32.2 Å². The van der Waals surface area contributed by atoms with E-state index in [4.69, 9.17) is 0 Å². The summed E-state index contributed by atoms with van der Waals surface area (Å²) >= 11 is 0. The largest absolute Gasteiger partial charge is 0.342 e. The van der Waals surface area contributed by atoms with Crippen molar-refractivity contribution in [3.8, 4) is 0 Å². The van der Waals surface area contributed by atoms with Crippen molar-refractivity contribution in [1.82, 2.24) is 15.1 Å². The third-order valence-electron chi connectivity index (χ3n) is 4.58. The fourth-order valence-electron chi connectivity index (χ4n) is 2.82. The highest BCUT2D eigenvalue weighted by atomic mass is 35.5. The Labute approximate surface area is 141 Å². The molecule has 1 aliphatic carbocycles. The summed E-state index contributed by atoms with van der Waals surface area (Å²) in [7, 11) is 1.97. The number of carbonyl (C=O) groups is 1. The van der Waals surface area contributed by atoms with Crippen LogP contribution in [0.2, 0.25) is 0 Å². The van der Waals surface area contributed by atoms with E-state index in [0.29, 0.717) is 18.6 Å². The molecule has 0 unspecified atom stereocenters. The van der Waals surface area contributed by atoms with Gasteiger partial charge in [0.2, 0.25) is 5.91 Å². The van der Waals surface area contributed by atoms with Crippen LogP contribution in [-0.2, 0) is 4.79 Å². The van der Waals surface area contributed by atoms with E-state index in [1.54, 1.807) is 0 Å². The van der Waals surface area contributed by atoms with Crippen LogP contribution in [0, 0.1) is 5.92 Å². The Kier molecular flexibility index (Phi) is 9.87. The Bertz CT molecular complexity index is 303. The lowest BCUT2D eigenvalue weighted by Gasteiger charge is -2.38. The van der Waals surface area contributed by atoms with Gasteiger partial charge in [-0.25, -0.2) is 0 Å². The normalized spacial score (nSPS) is 19.8. The Morgan fingerprint density at radius 3 is 2.24 bits per heavy atom. The molecule has 21 heavy (non-hydrogen) atoms. The van der Waals surface area contributed by atoms with Crippen LogP contribution in [0.4, 0.5) is 0 Å². The van der Waals surface area contributed by atoms with E-state index in [9.17, 15) is 4.79 Å². The minimum Gasteiger partial charge on any atom is -0.342 e. The fraction of sp³-hybridized carbons (Fsp3) is 0.933. The van der Waals surface area contributed by atoms with Crippen molar-refractivity contribution in [3.63, 3.8) is 0 Å². The van der Waals surface area contributed by atoms with Gasteiger partial charge in [0.25, 0.3) is 0 Å². The molecule has 2 fully saturated rings. The summed E-state index contributed by atoms with van der Waals surface area (Å²) in [4.78, 5) is 16.6. The molecule has 0 spiro atoms. The molecule has 0 aromatic carbocycles. The molecule has 1 heterocycles. The zero-order valence-electron chi connectivity index (χ0n) is 13.5. The molecule has 6 heteroatoms. The molecule has 1 saturated carbocycles. The first-order valence-corrected chi connectivity index (χ1v) is 7.78. The lowest BCUT2D eigenvalue weighted by atomic mass is 10.0. The van der Waals surface area contributed by atoms with Gasteiger partial charge in [-0.3, -0.25) is 4.79 Å². The highest BCUT2D eigenvalue weighted by Gasteiger charge is 2.26. The van der Waals surface area contributed by atoms with Gasteiger partial charge in [-0.15, -0.1) is 24.8 Å². The van der Waals surface area contributed by atoms with E-state index in [-0.39, 0.29) is 30.7 Å². The van der Waals surface area contributed by atoms with Crippen LogP contribution >= 0.6 is 24.8 Å². The van der Waals surface area contributed by atoms with Gasteiger partial charge in [-0.05, 0) is 52.0 Å². The Balaban J connectivity index is 0.00000200. The third kappa shape index (κ3) is 6.72. The van der Waals surface area contributed by atoms with Gasteiger partial charge in [-0.2, -0.15) is 0 Å². The van der Waals surface area contributed by atoms with Crippen molar-refractivity contribution in [3.05, 3.63) is 0 Å². The monoisotopic (exact) mass is 339 g/mol. The number of nitrogens with one attached hydrogen (secondary N) is 1. The van der Waals surface area contributed by atoms with Crippen LogP contribution in [-0.4, -0.2) is 61.0 Å². The predicted octanol–water partition coefficient (Wildman–Crippen LogP) is 2.16. The summed E-state index contributed by atoms with van der Waals surface area (Å²) in [6.07, 6.45) is 4.90. The van der Waals surface area contributed by atoms with Crippen LogP contribution in [0.5, 0.6) is 0 Å². The number of likely N-dealkylation sites (N-methyl/N-ethyl adjacent to an activating group) is 1. The molecule has 4 nitrogen and oxygen atoms in total. The Morgan fingerprint density at radius 2 is 1.76 bits per heavy atom. The Morgan fingerprint density at radius 1 is 1.19 bits per heavy atom. The van der Waals surface area contributed by atoms with Crippen LogP contribution in [0.15, 0.2) is 0 Å². The molecule has 1 aliphatic heterocycles. The smallest absolute Gasteiger partial charge is 0.236 e. The summed E-state index contributed by atoms with van der Waals surface area (Å²) in [6, 6.07) is 1.06. The molecule has 0 aromatic rings. The van der Waals surface area contributed by atoms with E-state index in [2.05, 4.69) is 24.1 Å². The number of rotatable bonds is 6. The molecule has 126 valence electrons. The van der Waals surface area contributed by atoms with Gasteiger partial charge < -0.3 is 15.1 Å². The first-order valence-electron chi connectivity index (χ1n) is 7.78. The molecule has 0 aromatic heterocycles. The highest BCUT2D eigenvalue weighted by Crippen LogP contribution is 2.27. The number of hydrogen-bond donors (Lipinski definition) is 1. The van der Waals surface area contributed by atoms with Crippen LogP contribution in [0.1, 0.15) is 39.5 Å². The van der Waals surface area contributed by atoms with Crippen LogP contribution < -0.4 is 5.32 Å². The molecule has 2 aliphatic rings. The second kappa shape index (κ2) is 9.88. The van der Waals surface area contributed by atoms with E-state index in [1.165, 1.54) is 12.8 Å². The lowest BCUT2D eigenvalue weighted by Crippen LogP contribution is -2.49. The second-order valence-corrected chi connectivity index (χ2v) is 6.44. The SMILES string of the molecule is CC(C)N1CCC(N(C)C(=O)CNCC2CC2)CC1.Cl.Cl. The zero-order chi connectivity index (χ0) is 13.8. The molecule has 2 rings (SSSR count). The van der Waals surface area contributed by atoms with Crippen molar-refractivity contribution in [2.45, 2.75) is 51.6 Å². The molecule has 0 atom stereocenters. The van der Waals surface area contributed by atoms with Gasteiger partial charge >= 0.3 is 0 Å². The number of piperidine rings is 1. The van der Waals surface area contributed by atoms with E-state index in [0.717, 1.165) is 38.4 Å². The lowest BCUT2D eigenvalue weighted by molar-refractivity contribution is -0.131. The zero-order valence-corrected chi connectivity index (χ0v) is 15.1. The van der Waals surface area contributed by atoms with Crippen molar-refractivity contribution in [1.29, 1.82) is 0 Å². The summed E-state index contributed by atoms with van der Waals surface area (Å²) in [5, 5.41) is 3.29. The predicted molar refractivity (Wildman–Crippen MR) is 92.6 cm³/mol. The number of hydrogen-bond acceptors (Lipinski definition) is 3. The second-order valence-electron chi connectivity index (χ2n) is 6.44. The van der Waals surface area contributed by atoms with Crippen molar-refractivity contribution in [2.75, 3.05) is 33.2 Å². The van der Waals surface area contributed by atoms with Crippen LogP contribution in [0.3, 0.4) is 0 Å². The summed E-state index contributed by atoms with van der Waals surface area (Å²) in [5.41, 5.74) is 0. The van der Waals surface area contributed by atoms with Crippen LogP contribution in [0.25, 0.3) is 0 Å². The number of halogens is 2. The average Bonchev–Trinajstić information content (AvgIpc) is 3.22. The minimum atomic E-state index is 0. The molecule has 1 N–H and O–H groups in total. The third-order valence-corrected chi connectivity index (χ3v) is 4.58. The summed E-state index contributed by atoms with van der Waals surface area (Å²) < 4.78 is 0. The summed E-state index contributed by atoms with van der Waals surface area (Å²) in [6.45, 7) is 8.27. The molecule has 0 radical (unpaired) electrons. The molecular formula is C15H31Cl2N3O. The fourth-order valence-corrected chi connectivity index (χ4v) is 2.82. The van der Waals surface area contributed by atoms with Gasteiger partial charge in [0.05, 0.1) is 6.54 Å². The van der Waals surface area contributed by atoms with E-state index >= 15 is 0 Å². The van der Waals surface area contributed by atoms with Crippen molar-refractivity contribution in [2.24, 2.45) is 5.92 Å². The van der Waals surface area contributed by atoms with Gasteiger partial charge in [0.1, 0.15) is 0 Å². The number of likely N-dealkylation sites (tertiary alicyclic amines) is 1. The molecule has 1 saturated heterocycles. The maximum Gasteiger partial charge on any atom is 0.236 e. The topological polar surface area (TPSA) is 35.6 Å². The maximum absolute atomic E-state index is 12.1. The standard InChI is InChI=1S/C15H29N3O.2ClH/c1-12(2)18-8-6-14(7-9-18)17(3)15(19)11-16-10-13-4-5-13;;/h12-14,16H,4-11H2,1-3H3;2*1H. The maximum atomic E-state index is 12.1. The number of amides is 1. The average molecular weight is 340 g/mol. The molecular weight excluding hydrogens is 309 g/mol. The molecule has 0 bridgehead atoms. The number of nitrogens with zero attached hydrogens (tertiary/aromatic N) is 2. The van der Waals surface area contributed by atoms with Crippen molar-refractivity contribution < 1.29 is 4.79 Å². The minimum absolute atomic E-state index is 0.